The normalized spacial score (nSPS) is 12.1. The van der Waals surface area contributed by atoms with Gasteiger partial charge in [0.2, 0.25) is 0 Å². The van der Waals surface area contributed by atoms with Gasteiger partial charge in [-0.3, -0.25) is 0 Å². The lowest BCUT2D eigenvalue weighted by atomic mass is 10.1. The number of hydrogen-bond donors (Lipinski definition) is 0. The minimum atomic E-state index is 1.14. The lowest BCUT2D eigenvalue weighted by molar-refractivity contribution is 1.14. The Morgan fingerprint density at radius 2 is 0.552 bits per heavy atom. The Kier molecular flexibility index (Phi) is 6.41. The molecular weight excluding hydrogens is 705 g/mol. The van der Waals surface area contributed by atoms with Gasteiger partial charge >= 0.3 is 0 Å². The molecule has 0 fully saturated rings. The van der Waals surface area contributed by atoms with Crippen LogP contribution in [0.1, 0.15) is 0 Å². The van der Waals surface area contributed by atoms with Gasteiger partial charge in [0, 0.05) is 60.2 Å². The van der Waals surface area contributed by atoms with Crippen LogP contribution in [0.15, 0.2) is 206 Å². The number of para-hydroxylation sites is 6. The van der Waals surface area contributed by atoms with Crippen LogP contribution >= 0.6 is 0 Å². The molecule has 0 atom stereocenters. The van der Waals surface area contributed by atoms with E-state index in [-0.39, 0.29) is 0 Å². The van der Waals surface area contributed by atoms with Crippen LogP contribution in [-0.2, 0) is 0 Å². The molecule has 0 aliphatic rings. The Hall–Kier alpha value is -7.82. The molecule has 13 aromatic rings. The van der Waals surface area contributed by atoms with Crippen molar-refractivity contribution >= 4 is 87.2 Å². The highest BCUT2D eigenvalue weighted by Crippen LogP contribution is 2.47. The highest BCUT2D eigenvalue weighted by Gasteiger charge is 2.27. The summed E-state index contributed by atoms with van der Waals surface area (Å²) in [4.78, 5) is 0. The SMILES string of the molecule is c1ccc(-n2c3ccccc3c3c(-n4c5c(ccc6c7ccccc7n(-c7ccccc7)c65)c5ccc6c7ccccc7n(-c7ccccc7)c6c54)cccc32)cc1. The maximum absolute atomic E-state index is 2.62. The monoisotopic (exact) mass is 738 g/mol. The first kappa shape index (κ1) is 31.4. The lowest BCUT2D eigenvalue weighted by Crippen LogP contribution is -2.01. The Morgan fingerprint density at radius 3 is 1.03 bits per heavy atom. The first-order valence-corrected chi connectivity index (χ1v) is 20.0. The highest BCUT2D eigenvalue weighted by atomic mass is 15.1. The molecule has 0 saturated heterocycles. The largest absolute Gasteiger partial charge is 0.309 e. The molecule has 4 heteroatoms. The predicted molar refractivity (Wildman–Crippen MR) is 244 cm³/mol. The van der Waals surface area contributed by atoms with E-state index in [9.17, 15) is 0 Å². The molecule has 4 aromatic heterocycles. The van der Waals surface area contributed by atoms with E-state index in [1.54, 1.807) is 0 Å². The zero-order chi connectivity index (χ0) is 37.9. The summed E-state index contributed by atoms with van der Waals surface area (Å²) >= 11 is 0. The van der Waals surface area contributed by atoms with E-state index in [0.717, 1.165) is 22.7 Å². The number of hydrogen-bond acceptors (Lipinski definition) is 0. The summed E-state index contributed by atoms with van der Waals surface area (Å²) in [6, 6.07) is 75.4. The fraction of sp³-hybridized carbons (Fsp3) is 0. The average molecular weight is 739 g/mol. The first-order chi connectivity index (χ1) is 28.8. The zero-order valence-corrected chi connectivity index (χ0v) is 31.4. The Balaban J connectivity index is 1.34. The molecule has 0 amide bonds. The average Bonchev–Trinajstić information content (AvgIpc) is 4.02. The molecule has 0 aliphatic carbocycles. The summed E-state index contributed by atoms with van der Waals surface area (Å²) in [5.74, 6) is 0. The van der Waals surface area contributed by atoms with Crippen LogP contribution in [0, 0.1) is 0 Å². The summed E-state index contributed by atoms with van der Waals surface area (Å²) in [5.41, 5.74) is 14.1. The zero-order valence-electron chi connectivity index (χ0n) is 31.4. The lowest BCUT2D eigenvalue weighted by Gasteiger charge is -2.15. The first-order valence-electron chi connectivity index (χ1n) is 20.0. The van der Waals surface area contributed by atoms with Crippen molar-refractivity contribution in [3.05, 3.63) is 206 Å². The van der Waals surface area contributed by atoms with Gasteiger partial charge in [-0.1, -0.05) is 140 Å². The maximum atomic E-state index is 2.62. The molecule has 0 saturated carbocycles. The summed E-state index contributed by atoms with van der Waals surface area (Å²) in [6.45, 7) is 0. The summed E-state index contributed by atoms with van der Waals surface area (Å²) in [7, 11) is 0. The van der Waals surface area contributed by atoms with Gasteiger partial charge in [0.05, 0.1) is 49.8 Å². The number of nitrogens with zero attached hydrogens (tertiary/aromatic N) is 4. The number of benzene rings is 9. The third kappa shape index (κ3) is 4.13. The minimum absolute atomic E-state index is 1.14. The van der Waals surface area contributed by atoms with Crippen molar-refractivity contribution < 1.29 is 0 Å². The molecule has 0 unspecified atom stereocenters. The van der Waals surface area contributed by atoms with Gasteiger partial charge in [0.15, 0.2) is 0 Å². The topological polar surface area (TPSA) is 19.7 Å². The molecule has 9 aromatic carbocycles. The third-order valence-corrected chi connectivity index (χ3v) is 12.3. The second-order valence-corrected chi connectivity index (χ2v) is 15.3. The van der Waals surface area contributed by atoms with Crippen LogP contribution < -0.4 is 0 Å². The van der Waals surface area contributed by atoms with Gasteiger partial charge in [0.1, 0.15) is 0 Å². The summed E-state index contributed by atoms with van der Waals surface area (Å²) < 4.78 is 10.0. The standard InChI is InChI=1S/C54H34N4/c1-4-17-35(18-5-1)55-47-28-15-12-25-44(47)50-48(55)29-16-30-49(50)58-53-42(33-31-40-38-23-10-13-26-45(38)56(51(40)53)36-19-6-2-7-20-36)43-34-32-41-39-24-11-14-27-46(39)57(52(41)54(43)58)37-21-8-3-9-22-37/h1-34H. The Morgan fingerprint density at radius 1 is 0.207 bits per heavy atom. The third-order valence-electron chi connectivity index (χ3n) is 12.3. The van der Waals surface area contributed by atoms with Gasteiger partial charge in [-0.05, 0) is 66.7 Å². The molecule has 0 N–H and O–H groups in total. The number of rotatable bonds is 4. The smallest absolute Gasteiger partial charge is 0.0789 e. The van der Waals surface area contributed by atoms with Gasteiger partial charge in [-0.2, -0.15) is 0 Å². The van der Waals surface area contributed by atoms with E-state index in [1.807, 2.05) is 0 Å². The van der Waals surface area contributed by atoms with Gasteiger partial charge in [-0.15, -0.1) is 0 Å². The van der Waals surface area contributed by atoms with Gasteiger partial charge < -0.3 is 18.3 Å². The van der Waals surface area contributed by atoms with Gasteiger partial charge in [-0.25, -0.2) is 0 Å². The van der Waals surface area contributed by atoms with Crippen molar-refractivity contribution in [1.29, 1.82) is 0 Å². The molecule has 4 heterocycles. The van der Waals surface area contributed by atoms with E-state index in [0.29, 0.717) is 0 Å². The van der Waals surface area contributed by atoms with Crippen LogP contribution in [0.5, 0.6) is 0 Å². The maximum Gasteiger partial charge on any atom is 0.0789 e. The Bertz CT molecular complexity index is 3600. The minimum Gasteiger partial charge on any atom is -0.309 e. The molecule has 0 radical (unpaired) electrons. The second kappa shape index (κ2) is 11.8. The van der Waals surface area contributed by atoms with E-state index < -0.39 is 0 Å². The van der Waals surface area contributed by atoms with E-state index >= 15 is 0 Å². The molecule has 4 nitrogen and oxygen atoms in total. The van der Waals surface area contributed by atoms with E-state index in [1.165, 1.54) is 87.2 Å². The molecule has 58 heavy (non-hydrogen) atoms. The van der Waals surface area contributed by atoms with Crippen molar-refractivity contribution in [1.82, 2.24) is 18.3 Å². The van der Waals surface area contributed by atoms with Crippen molar-refractivity contribution in [3.8, 4) is 22.7 Å². The molecule has 0 bridgehead atoms. The fourth-order valence-electron chi connectivity index (χ4n) is 10.1. The van der Waals surface area contributed by atoms with Crippen molar-refractivity contribution in [2.24, 2.45) is 0 Å². The van der Waals surface area contributed by atoms with Gasteiger partial charge in [0.25, 0.3) is 0 Å². The van der Waals surface area contributed by atoms with E-state index in [4.69, 9.17) is 0 Å². The number of aromatic nitrogens is 4. The van der Waals surface area contributed by atoms with Crippen molar-refractivity contribution in [2.45, 2.75) is 0 Å². The van der Waals surface area contributed by atoms with Crippen LogP contribution in [-0.4, -0.2) is 18.3 Å². The molecule has 270 valence electrons. The number of fused-ring (bicyclic) bond motifs is 14. The molecular formula is C54H34N4. The van der Waals surface area contributed by atoms with Crippen LogP contribution in [0.3, 0.4) is 0 Å². The van der Waals surface area contributed by atoms with Crippen molar-refractivity contribution in [3.63, 3.8) is 0 Å². The highest BCUT2D eigenvalue weighted by molar-refractivity contribution is 6.30. The second-order valence-electron chi connectivity index (χ2n) is 15.3. The molecule has 13 rings (SSSR count). The van der Waals surface area contributed by atoms with E-state index in [2.05, 4.69) is 225 Å². The molecule has 0 aliphatic heterocycles. The van der Waals surface area contributed by atoms with Crippen molar-refractivity contribution in [2.75, 3.05) is 0 Å². The fourth-order valence-corrected chi connectivity index (χ4v) is 10.1. The Labute approximate surface area is 333 Å². The summed E-state index contributed by atoms with van der Waals surface area (Å²) in [6.07, 6.45) is 0. The quantitative estimate of drug-likeness (QED) is 0.171. The predicted octanol–water partition coefficient (Wildman–Crippen LogP) is 14.1. The summed E-state index contributed by atoms with van der Waals surface area (Å²) in [5, 5.41) is 9.82. The molecule has 0 spiro atoms. The van der Waals surface area contributed by atoms with Crippen LogP contribution in [0.25, 0.3) is 110 Å². The van der Waals surface area contributed by atoms with Crippen LogP contribution in [0.2, 0.25) is 0 Å². The van der Waals surface area contributed by atoms with Crippen LogP contribution in [0.4, 0.5) is 0 Å².